The van der Waals surface area contributed by atoms with Crippen molar-refractivity contribution in [2.75, 3.05) is 18.0 Å². The average Bonchev–Trinajstić information content (AvgIpc) is 3.20. The number of nitrogens with zero attached hydrogens (tertiary/aromatic N) is 4. The van der Waals surface area contributed by atoms with Gasteiger partial charge in [-0.05, 0) is 43.2 Å². The highest BCUT2D eigenvalue weighted by Crippen LogP contribution is 2.46. The first kappa shape index (κ1) is 17.9. The number of carboxylic acids is 1. The second-order valence-electron chi connectivity index (χ2n) is 7.94. The molecule has 142 valence electrons. The Labute approximate surface area is 159 Å². The lowest BCUT2D eigenvalue weighted by Gasteiger charge is -2.33. The number of pyridine rings is 1. The van der Waals surface area contributed by atoms with Crippen molar-refractivity contribution in [2.24, 2.45) is 5.92 Å². The van der Waals surface area contributed by atoms with Crippen LogP contribution in [0.15, 0.2) is 30.7 Å². The second-order valence-corrected chi connectivity index (χ2v) is 7.94. The molecule has 1 N–H and O–H groups in total. The summed E-state index contributed by atoms with van der Waals surface area (Å²) in [5.74, 6) is 0.423. The van der Waals surface area contributed by atoms with E-state index in [0.717, 1.165) is 63.1 Å². The van der Waals surface area contributed by atoms with E-state index in [4.69, 9.17) is 4.98 Å². The van der Waals surface area contributed by atoms with Gasteiger partial charge in [0.2, 0.25) is 5.95 Å². The molecule has 6 nitrogen and oxygen atoms in total. The van der Waals surface area contributed by atoms with Gasteiger partial charge in [0, 0.05) is 37.1 Å². The van der Waals surface area contributed by atoms with Gasteiger partial charge >= 0.3 is 5.97 Å². The number of aromatic carboxylic acids is 1. The molecule has 2 aliphatic rings. The largest absolute Gasteiger partial charge is 0.478 e. The predicted molar refractivity (Wildman–Crippen MR) is 103 cm³/mol. The van der Waals surface area contributed by atoms with E-state index in [1.54, 1.807) is 6.20 Å². The number of anilines is 1. The van der Waals surface area contributed by atoms with Crippen LogP contribution >= 0.6 is 0 Å². The van der Waals surface area contributed by atoms with Crippen LogP contribution in [0.4, 0.5) is 5.95 Å². The molecule has 1 aliphatic carbocycles. The zero-order valence-electron chi connectivity index (χ0n) is 15.8. The number of piperidine rings is 1. The topological polar surface area (TPSA) is 79.2 Å². The minimum absolute atomic E-state index is 0.217. The smallest absolute Gasteiger partial charge is 0.339 e. The van der Waals surface area contributed by atoms with Gasteiger partial charge in [-0.15, -0.1) is 0 Å². The van der Waals surface area contributed by atoms with E-state index in [9.17, 15) is 9.90 Å². The minimum Gasteiger partial charge on any atom is -0.478 e. The summed E-state index contributed by atoms with van der Waals surface area (Å²) in [6.45, 7) is 4.12. The van der Waals surface area contributed by atoms with E-state index in [0.29, 0.717) is 11.6 Å². The maximum Gasteiger partial charge on any atom is 0.339 e. The van der Waals surface area contributed by atoms with Crippen LogP contribution in [0.3, 0.4) is 0 Å². The highest BCUT2D eigenvalue weighted by atomic mass is 16.4. The molecule has 0 bridgehead atoms. The standard InChI is InChI=1S/C21H26N4O2/c1-15-6-11-25(12-7-15)20-23-14-17(19(26)27)18(24-20)21(8-2-3-9-21)16-5-4-10-22-13-16/h4-5,10,13-15H,2-3,6-9,11-12H2,1H3,(H,26,27). The number of hydrogen-bond donors (Lipinski definition) is 1. The quantitative estimate of drug-likeness (QED) is 0.889. The fourth-order valence-electron chi connectivity index (χ4n) is 4.54. The van der Waals surface area contributed by atoms with E-state index in [2.05, 4.69) is 21.8 Å². The van der Waals surface area contributed by atoms with Crippen LogP contribution in [-0.2, 0) is 5.41 Å². The summed E-state index contributed by atoms with van der Waals surface area (Å²) in [6.07, 6.45) is 11.3. The van der Waals surface area contributed by atoms with Crippen LogP contribution < -0.4 is 4.90 Å². The number of hydrogen-bond acceptors (Lipinski definition) is 5. The molecular formula is C21H26N4O2. The molecule has 0 spiro atoms. The van der Waals surface area contributed by atoms with Gasteiger partial charge in [0.25, 0.3) is 0 Å². The molecular weight excluding hydrogens is 340 g/mol. The number of rotatable bonds is 4. The van der Waals surface area contributed by atoms with Crippen molar-refractivity contribution in [1.29, 1.82) is 0 Å². The number of aromatic nitrogens is 3. The Balaban J connectivity index is 1.81. The molecule has 6 heteroatoms. The van der Waals surface area contributed by atoms with Gasteiger partial charge in [-0.2, -0.15) is 0 Å². The van der Waals surface area contributed by atoms with E-state index >= 15 is 0 Å². The molecule has 0 atom stereocenters. The van der Waals surface area contributed by atoms with E-state index in [1.165, 1.54) is 6.20 Å². The highest BCUT2D eigenvalue weighted by molar-refractivity contribution is 5.89. The Morgan fingerprint density at radius 2 is 1.96 bits per heavy atom. The van der Waals surface area contributed by atoms with Crippen molar-refractivity contribution < 1.29 is 9.90 Å². The molecule has 2 aromatic rings. The molecule has 1 saturated carbocycles. The SMILES string of the molecule is CC1CCN(c2ncc(C(=O)O)c(C3(c4cccnc4)CCCC3)n2)CC1. The van der Waals surface area contributed by atoms with Crippen LogP contribution in [0.25, 0.3) is 0 Å². The number of carboxylic acid groups (broad SMARTS) is 1. The summed E-state index contributed by atoms with van der Waals surface area (Å²) < 4.78 is 0. The van der Waals surface area contributed by atoms with Crippen molar-refractivity contribution >= 4 is 11.9 Å². The van der Waals surface area contributed by atoms with E-state index in [-0.39, 0.29) is 11.0 Å². The molecule has 4 rings (SSSR count). The summed E-state index contributed by atoms with van der Waals surface area (Å²) in [5, 5.41) is 9.81. The Bertz CT molecular complexity index is 810. The molecule has 3 heterocycles. The highest BCUT2D eigenvalue weighted by Gasteiger charge is 2.42. The zero-order chi connectivity index (χ0) is 18.9. The maximum atomic E-state index is 12.0. The van der Waals surface area contributed by atoms with Crippen molar-refractivity contribution in [3.05, 3.63) is 47.5 Å². The minimum atomic E-state index is -0.959. The Hall–Kier alpha value is -2.50. The van der Waals surface area contributed by atoms with Crippen LogP contribution in [0.2, 0.25) is 0 Å². The lowest BCUT2D eigenvalue weighted by atomic mass is 9.75. The maximum absolute atomic E-state index is 12.0. The first-order valence-electron chi connectivity index (χ1n) is 9.86. The zero-order valence-corrected chi connectivity index (χ0v) is 15.8. The van der Waals surface area contributed by atoms with Crippen molar-refractivity contribution in [2.45, 2.75) is 50.9 Å². The molecule has 0 amide bonds. The Morgan fingerprint density at radius 1 is 1.22 bits per heavy atom. The third-order valence-electron chi connectivity index (χ3n) is 6.20. The van der Waals surface area contributed by atoms with Gasteiger partial charge in [0.15, 0.2) is 0 Å². The van der Waals surface area contributed by atoms with Gasteiger partial charge in [-0.3, -0.25) is 4.98 Å². The molecule has 0 radical (unpaired) electrons. The normalized spacial score (nSPS) is 20.0. The van der Waals surface area contributed by atoms with Gasteiger partial charge in [0.1, 0.15) is 5.56 Å². The monoisotopic (exact) mass is 366 g/mol. The van der Waals surface area contributed by atoms with Crippen LogP contribution in [0.1, 0.15) is 67.1 Å². The van der Waals surface area contributed by atoms with Crippen LogP contribution in [0, 0.1) is 5.92 Å². The Kier molecular flexibility index (Phi) is 4.81. The fourth-order valence-corrected chi connectivity index (χ4v) is 4.54. The van der Waals surface area contributed by atoms with E-state index < -0.39 is 5.97 Å². The summed E-state index contributed by atoms with van der Waals surface area (Å²) in [5.41, 5.74) is 1.55. The summed E-state index contributed by atoms with van der Waals surface area (Å²) in [7, 11) is 0. The van der Waals surface area contributed by atoms with Crippen molar-refractivity contribution in [3.63, 3.8) is 0 Å². The van der Waals surface area contributed by atoms with Crippen LogP contribution in [0.5, 0.6) is 0 Å². The first-order valence-corrected chi connectivity index (χ1v) is 9.86. The molecule has 2 aromatic heterocycles. The predicted octanol–water partition coefficient (Wildman–Crippen LogP) is 3.67. The number of carbonyl (C=O) groups is 1. The molecule has 0 unspecified atom stereocenters. The summed E-state index contributed by atoms with van der Waals surface area (Å²) in [6, 6.07) is 3.97. The lowest BCUT2D eigenvalue weighted by molar-refractivity contribution is 0.0693. The third kappa shape index (κ3) is 3.29. The lowest BCUT2D eigenvalue weighted by Crippen LogP contribution is -2.36. The fraction of sp³-hybridized carbons (Fsp3) is 0.524. The van der Waals surface area contributed by atoms with Crippen LogP contribution in [-0.4, -0.2) is 39.1 Å². The van der Waals surface area contributed by atoms with Gasteiger partial charge in [0.05, 0.1) is 5.69 Å². The summed E-state index contributed by atoms with van der Waals surface area (Å²) in [4.78, 5) is 27.8. The first-order chi connectivity index (χ1) is 13.1. The van der Waals surface area contributed by atoms with E-state index in [1.807, 2.05) is 18.3 Å². The molecule has 0 aromatic carbocycles. The van der Waals surface area contributed by atoms with Gasteiger partial charge in [-0.1, -0.05) is 25.8 Å². The molecule has 27 heavy (non-hydrogen) atoms. The molecule has 1 aliphatic heterocycles. The summed E-state index contributed by atoms with van der Waals surface area (Å²) >= 11 is 0. The van der Waals surface area contributed by atoms with Crippen molar-refractivity contribution in [1.82, 2.24) is 15.0 Å². The Morgan fingerprint density at radius 3 is 2.59 bits per heavy atom. The average molecular weight is 366 g/mol. The van der Waals surface area contributed by atoms with Gasteiger partial charge in [-0.25, -0.2) is 14.8 Å². The van der Waals surface area contributed by atoms with Gasteiger partial charge < -0.3 is 10.0 Å². The molecule has 1 saturated heterocycles. The van der Waals surface area contributed by atoms with Crippen molar-refractivity contribution in [3.8, 4) is 0 Å². The third-order valence-corrected chi connectivity index (χ3v) is 6.20. The molecule has 2 fully saturated rings. The second kappa shape index (κ2) is 7.25.